The molecule has 0 atom stereocenters. The molecule has 0 fully saturated rings. The van der Waals surface area contributed by atoms with Crippen LogP contribution < -0.4 is 46.5 Å². The van der Waals surface area contributed by atoms with Crippen molar-refractivity contribution < 1.29 is 33.4 Å². The van der Waals surface area contributed by atoms with Crippen LogP contribution in [0.15, 0.2) is 225 Å². The van der Waals surface area contributed by atoms with Crippen LogP contribution in [0.4, 0.5) is 55.9 Å². The standard InChI is InChI=1S/C38H39N9O3.C23H22N6O2.C21H23N3O2/c1-24-11-13-26(14-12-24)47-35(20-32(45-47)38(2,3)4)44-37(49)42-29-15-16-31(28-10-8-7-9-27(28)29)50-23-25-17-18-39-33(19-25)43-34-22-40-30(21-41-34)36(48)46(5)6;1-29(2)23(30)19-12-27-22(13-26-19)28-21-11-15(9-10-25-21)14-31-20-8-7-18(24)16-5-3-4-6-17(16)20;1-15-10-12-16(13-11-15)24-19(14-18(23-24)21(2,3)4)22-20(25)26-17-8-6-5-7-9-17/h7-22H,23H2,1-6H3,(H,39,41,43)(H2,42,44,49);3-13H,14,24H2,1-2H3,(H,25,27,28);5-14H,1-4H3,(H,22,25). The van der Waals surface area contributed by atoms with E-state index in [1.807, 2.05) is 190 Å². The number of nitrogen functional groups attached to an aromatic ring is 1. The highest BCUT2D eigenvalue weighted by molar-refractivity contribution is 6.07. The van der Waals surface area contributed by atoms with Gasteiger partial charge in [0, 0.05) is 90.8 Å². The van der Waals surface area contributed by atoms with Crippen molar-refractivity contribution in [1.82, 2.24) is 59.3 Å². The molecule has 0 spiro atoms. The second-order valence-corrected chi connectivity index (χ2v) is 27.5. The fraction of sp³-hybridized carbons (Fsp3) is 0.195. The third kappa shape index (κ3) is 19.6. The van der Waals surface area contributed by atoms with E-state index in [-0.39, 0.29) is 40.6 Å². The van der Waals surface area contributed by atoms with Crippen molar-refractivity contribution >= 4 is 91.8 Å². The van der Waals surface area contributed by atoms with E-state index in [9.17, 15) is 19.2 Å². The van der Waals surface area contributed by atoms with E-state index in [1.54, 1.807) is 62.1 Å². The number of para-hydroxylation sites is 1. The van der Waals surface area contributed by atoms with Gasteiger partial charge in [-0.1, -0.05) is 144 Å². The number of nitrogens with zero attached hydrogens (tertiary/aromatic N) is 12. The lowest BCUT2D eigenvalue weighted by atomic mass is 9.92. The first-order chi connectivity index (χ1) is 51.3. The highest BCUT2D eigenvalue weighted by atomic mass is 16.6. The number of amides is 5. The number of rotatable bonds is 18. The summed E-state index contributed by atoms with van der Waals surface area (Å²) in [4.78, 5) is 78.2. The SMILES string of the molecule is CN(C)C(=O)c1cnc(Nc2cc(COc3ccc(N)c4ccccc34)ccn2)cn1.Cc1ccc(-n2nc(C(C)(C)C)cc2NC(=O)Nc2ccc(OCc3ccnc(Nc4cnc(C(=O)N(C)C)cn4)c3)c3ccccc23)cc1.Cc1ccc(-n2nc(C(C)(C)C)cc2NC(=O)Oc2ccccc2)cc1. The highest BCUT2D eigenvalue weighted by Crippen LogP contribution is 2.35. The van der Waals surface area contributed by atoms with Crippen molar-refractivity contribution in [2.24, 2.45) is 0 Å². The number of nitrogens with one attached hydrogen (secondary N) is 5. The molecule has 5 amide bonds. The van der Waals surface area contributed by atoms with E-state index in [0.29, 0.717) is 58.7 Å². The van der Waals surface area contributed by atoms with E-state index >= 15 is 0 Å². The Morgan fingerprint density at radius 3 is 1.35 bits per heavy atom. The molecule has 25 heteroatoms. The second-order valence-electron chi connectivity index (χ2n) is 27.5. The van der Waals surface area contributed by atoms with Gasteiger partial charge in [0.1, 0.15) is 76.8 Å². The molecule has 0 unspecified atom stereocenters. The van der Waals surface area contributed by atoms with Crippen molar-refractivity contribution in [1.29, 1.82) is 0 Å². The number of ether oxygens (including phenoxy) is 3. The third-order valence-electron chi connectivity index (χ3n) is 16.5. The van der Waals surface area contributed by atoms with Crippen LogP contribution in [0, 0.1) is 13.8 Å². The molecular weight excluding hydrogens is 1350 g/mol. The minimum absolute atomic E-state index is 0.143. The largest absolute Gasteiger partial charge is 0.488 e. The zero-order chi connectivity index (χ0) is 75.9. The maximum absolute atomic E-state index is 13.4. The van der Waals surface area contributed by atoms with Gasteiger partial charge in [-0.15, -0.1) is 0 Å². The minimum atomic E-state index is -0.551. The van der Waals surface area contributed by atoms with E-state index in [1.165, 1.54) is 34.6 Å². The third-order valence-corrected chi connectivity index (χ3v) is 16.5. The smallest absolute Gasteiger partial charge is 0.418 e. The normalized spacial score (nSPS) is 11.1. The fourth-order valence-corrected chi connectivity index (χ4v) is 10.7. The molecule has 7 aromatic carbocycles. The van der Waals surface area contributed by atoms with Crippen molar-refractivity contribution in [3.8, 4) is 28.6 Å². The first-order valence-electron chi connectivity index (χ1n) is 34.3. The maximum atomic E-state index is 13.4. The minimum Gasteiger partial charge on any atom is -0.488 e. The predicted molar refractivity (Wildman–Crippen MR) is 419 cm³/mol. The number of hydrogen-bond acceptors (Lipinski definition) is 18. The molecule has 13 rings (SSSR count). The summed E-state index contributed by atoms with van der Waals surface area (Å²) in [5, 5.41) is 28.2. The summed E-state index contributed by atoms with van der Waals surface area (Å²) in [5.41, 5.74) is 15.2. The molecule has 13 aromatic rings. The van der Waals surface area contributed by atoms with Gasteiger partial charge in [0.2, 0.25) is 0 Å². The Balaban J connectivity index is 0.000000171. The summed E-state index contributed by atoms with van der Waals surface area (Å²) < 4.78 is 21.1. The van der Waals surface area contributed by atoms with Crippen molar-refractivity contribution in [3.05, 3.63) is 270 Å². The molecule has 0 aliphatic heterocycles. The molecule has 6 heterocycles. The van der Waals surface area contributed by atoms with E-state index in [0.717, 1.165) is 78.0 Å². The second kappa shape index (κ2) is 33.2. The Morgan fingerprint density at radius 2 is 0.888 bits per heavy atom. The van der Waals surface area contributed by atoms with Gasteiger partial charge in [0.05, 0.1) is 53.2 Å². The van der Waals surface area contributed by atoms with Crippen LogP contribution in [0.1, 0.15) is 96.2 Å². The first kappa shape index (κ1) is 74.6. The molecule has 0 saturated carbocycles. The number of aryl methyl sites for hydroxylation is 2. The summed E-state index contributed by atoms with van der Waals surface area (Å²) in [5.74, 6) is 4.73. The molecule has 0 aliphatic rings. The number of hydrogen-bond donors (Lipinski definition) is 6. The molecule has 7 N–H and O–H groups in total. The number of pyridine rings is 2. The van der Waals surface area contributed by atoms with Gasteiger partial charge in [-0.2, -0.15) is 10.2 Å². The lowest BCUT2D eigenvalue weighted by Crippen LogP contribution is -2.22. The van der Waals surface area contributed by atoms with Crippen LogP contribution in [0.3, 0.4) is 0 Å². The Morgan fingerprint density at radius 1 is 0.449 bits per heavy atom. The Bertz CT molecular complexity index is 5270. The number of nitrogens with two attached hydrogens (primary N) is 1. The van der Waals surface area contributed by atoms with Gasteiger partial charge in [-0.05, 0) is 110 Å². The quantitative estimate of drug-likeness (QED) is 0.0435. The van der Waals surface area contributed by atoms with Crippen LogP contribution >= 0.6 is 0 Å². The number of anilines is 8. The Labute approximate surface area is 620 Å². The van der Waals surface area contributed by atoms with E-state index < -0.39 is 12.1 Å². The van der Waals surface area contributed by atoms with Gasteiger partial charge >= 0.3 is 12.1 Å². The average molecular weight is 1430 g/mol. The molecular formula is C82H84N18O7. The van der Waals surface area contributed by atoms with E-state index in [4.69, 9.17) is 25.0 Å². The van der Waals surface area contributed by atoms with Crippen molar-refractivity contribution in [2.45, 2.75) is 79.4 Å². The summed E-state index contributed by atoms with van der Waals surface area (Å²) in [6.45, 7) is 17.2. The molecule has 0 saturated heterocycles. The lowest BCUT2D eigenvalue weighted by molar-refractivity contribution is 0.0814. The molecule has 0 radical (unpaired) electrons. The topological polar surface area (TPSA) is 302 Å². The summed E-state index contributed by atoms with van der Waals surface area (Å²) in [7, 11) is 6.66. The molecule has 107 heavy (non-hydrogen) atoms. The van der Waals surface area contributed by atoms with Crippen LogP contribution in [0.5, 0.6) is 17.2 Å². The Hall–Kier alpha value is -13.6. The predicted octanol–water partition coefficient (Wildman–Crippen LogP) is 16.2. The first-order valence-corrected chi connectivity index (χ1v) is 34.3. The average Bonchev–Trinajstić information content (AvgIpc) is 1.62. The molecule has 25 nitrogen and oxygen atoms in total. The van der Waals surface area contributed by atoms with Crippen molar-refractivity contribution in [3.63, 3.8) is 0 Å². The number of carbonyl (C=O) groups excluding carboxylic acids is 4. The zero-order valence-corrected chi connectivity index (χ0v) is 61.6. The van der Waals surface area contributed by atoms with Crippen LogP contribution in [0.25, 0.3) is 32.9 Å². The van der Waals surface area contributed by atoms with Gasteiger partial charge in [-0.25, -0.2) is 48.9 Å². The Kier molecular flexibility index (Phi) is 23.2. The number of carbonyl (C=O) groups is 4. The molecule has 0 aliphatic carbocycles. The highest BCUT2D eigenvalue weighted by Gasteiger charge is 2.25. The van der Waals surface area contributed by atoms with Gasteiger partial charge in [-0.3, -0.25) is 20.2 Å². The fourth-order valence-electron chi connectivity index (χ4n) is 10.7. The van der Waals surface area contributed by atoms with Gasteiger partial charge in [0.15, 0.2) is 0 Å². The summed E-state index contributed by atoms with van der Waals surface area (Å²) in [6.07, 6.45) is 8.67. The summed E-state index contributed by atoms with van der Waals surface area (Å²) >= 11 is 0. The molecule has 0 bridgehead atoms. The van der Waals surface area contributed by atoms with Gasteiger partial charge < -0.3 is 45.7 Å². The lowest BCUT2D eigenvalue weighted by Gasteiger charge is -2.15. The number of urea groups is 1. The van der Waals surface area contributed by atoms with Crippen LogP contribution in [0.2, 0.25) is 0 Å². The van der Waals surface area contributed by atoms with Gasteiger partial charge in [0.25, 0.3) is 11.8 Å². The molecule has 6 aromatic heterocycles. The van der Waals surface area contributed by atoms with Crippen molar-refractivity contribution in [2.75, 3.05) is 60.5 Å². The zero-order valence-electron chi connectivity index (χ0n) is 61.6. The number of fused-ring (bicyclic) bond motifs is 2. The van der Waals surface area contributed by atoms with Crippen LogP contribution in [-0.2, 0) is 24.0 Å². The number of aromatic nitrogens is 10. The molecule has 544 valence electrons. The van der Waals surface area contributed by atoms with E-state index in [2.05, 4.69) is 103 Å². The summed E-state index contributed by atoms with van der Waals surface area (Å²) in [6, 6.07) is 58.9. The maximum Gasteiger partial charge on any atom is 0.418 e. The monoisotopic (exact) mass is 1430 g/mol. The number of benzene rings is 7. The van der Waals surface area contributed by atoms with Crippen LogP contribution in [-0.4, -0.2) is 111 Å².